The Bertz CT molecular complexity index is 796. The zero-order valence-corrected chi connectivity index (χ0v) is 14.1. The maximum Gasteiger partial charge on any atom is 0.243 e. The van der Waals surface area contributed by atoms with Crippen molar-refractivity contribution in [3.05, 3.63) is 48.2 Å². The second-order valence-corrected chi connectivity index (χ2v) is 5.31. The first-order chi connectivity index (χ1) is 12.0. The normalized spacial score (nSPS) is 9.80. The lowest BCUT2D eigenvalue weighted by atomic mass is 10.2. The lowest BCUT2D eigenvalue weighted by molar-refractivity contribution is -0.115. The number of likely N-dealkylation sites (N-methyl/N-ethyl adjacent to an activating group) is 1. The number of nitrogens with zero attached hydrogens (tertiary/aromatic N) is 3. The van der Waals surface area contributed by atoms with Crippen molar-refractivity contribution in [2.45, 2.75) is 13.8 Å². The lowest BCUT2D eigenvalue weighted by Crippen LogP contribution is -2.33. The summed E-state index contributed by atoms with van der Waals surface area (Å²) in [7, 11) is 0. The number of amides is 2. The predicted octanol–water partition coefficient (Wildman–Crippen LogP) is 2.38. The minimum atomic E-state index is -0.196. The van der Waals surface area contributed by atoms with Gasteiger partial charge in [-0.05, 0) is 43.3 Å². The van der Waals surface area contributed by atoms with E-state index < -0.39 is 0 Å². The molecule has 0 aliphatic rings. The molecule has 7 nitrogen and oxygen atoms in total. The van der Waals surface area contributed by atoms with Crippen LogP contribution in [0.4, 0.5) is 17.2 Å². The van der Waals surface area contributed by atoms with Gasteiger partial charge in [-0.1, -0.05) is 6.07 Å². The minimum Gasteiger partial charge on any atom is -0.348 e. The highest BCUT2D eigenvalue weighted by Crippen LogP contribution is 2.15. The monoisotopic (exact) mass is 337 g/mol. The molecule has 128 valence electrons. The van der Waals surface area contributed by atoms with Crippen LogP contribution in [0, 0.1) is 11.3 Å². The van der Waals surface area contributed by atoms with Crippen molar-refractivity contribution in [3.63, 3.8) is 0 Å². The van der Waals surface area contributed by atoms with E-state index in [0.29, 0.717) is 29.4 Å². The smallest absolute Gasteiger partial charge is 0.243 e. The Morgan fingerprint density at radius 2 is 1.76 bits per heavy atom. The SMILES string of the molecule is CCN(CC(=O)Nc1ccc(NC(C)=O)cc1)c1cccc(C#N)n1. The lowest BCUT2D eigenvalue weighted by Gasteiger charge is -2.21. The first-order valence-electron chi connectivity index (χ1n) is 7.81. The summed E-state index contributed by atoms with van der Waals surface area (Å²) < 4.78 is 0. The molecule has 0 saturated carbocycles. The molecule has 2 N–H and O–H groups in total. The zero-order chi connectivity index (χ0) is 18.2. The second-order valence-electron chi connectivity index (χ2n) is 5.31. The molecular weight excluding hydrogens is 318 g/mol. The molecule has 0 saturated heterocycles. The number of nitrogens with one attached hydrogen (secondary N) is 2. The van der Waals surface area contributed by atoms with Crippen molar-refractivity contribution < 1.29 is 9.59 Å². The summed E-state index contributed by atoms with van der Waals surface area (Å²) in [6.45, 7) is 4.04. The summed E-state index contributed by atoms with van der Waals surface area (Å²) in [5.41, 5.74) is 1.61. The van der Waals surface area contributed by atoms with Crippen LogP contribution in [0.3, 0.4) is 0 Å². The summed E-state index contributed by atoms with van der Waals surface area (Å²) in [5, 5.41) is 14.4. The third kappa shape index (κ3) is 5.32. The highest BCUT2D eigenvalue weighted by molar-refractivity contribution is 5.94. The highest BCUT2D eigenvalue weighted by atomic mass is 16.2. The van der Waals surface area contributed by atoms with Crippen LogP contribution in [-0.4, -0.2) is 29.9 Å². The van der Waals surface area contributed by atoms with Crippen molar-refractivity contribution >= 4 is 29.0 Å². The minimum absolute atomic E-state index is 0.117. The quantitative estimate of drug-likeness (QED) is 0.843. The van der Waals surface area contributed by atoms with Crippen LogP contribution in [0.5, 0.6) is 0 Å². The number of nitriles is 1. The molecule has 2 amide bonds. The molecule has 0 aliphatic carbocycles. The van der Waals surface area contributed by atoms with E-state index in [9.17, 15) is 9.59 Å². The maximum absolute atomic E-state index is 12.3. The van der Waals surface area contributed by atoms with Crippen LogP contribution in [-0.2, 0) is 9.59 Å². The molecule has 1 heterocycles. The van der Waals surface area contributed by atoms with Crippen LogP contribution >= 0.6 is 0 Å². The second kappa shape index (κ2) is 8.45. The van der Waals surface area contributed by atoms with Crippen LogP contribution in [0.25, 0.3) is 0 Å². The van der Waals surface area contributed by atoms with Crippen LogP contribution < -0.4 is 15.5 Å². The Hall–Kier alpha value is -3.40. The molecule has 0 aliphatic heterocycles. The average Bonchev–Trinajstić information content (AvgIpc) is 2.61. The fourth-order valence-corrected chi connectivity index (χ4v) is 2.23. The van der Waals surface area contributed by atoms with E-state index in [1.165, 1.54) is 6.92 Å². The number of pyridine rings is 1. The van der Waals surface area contributed by atoms with Gasteiger partial charge in [0.05, 0.1) is 6.54 Å². The number of anilines is 3. The number of carbonyl (C=O) groups excluding carboxylic acids is 2. The summed E-state index contributed by atoms with van der Waals surface area (Å²) in [6, 6.07) is 14.0. The van der Waals surface area contributed by atoms with Crippen molar-refractivity contribution in [1.82, 2.24) is 4.98 Å². The Labute approximate surface area is 146 Å². The molecule has 2 rings (SSSR count). The molecular formula is C18H19N5O2. The van der Waals surface area contributed by atoms with Crippen molar-refractivity contribution in [3.8, 4) is 6.07 Å². The Kier molecular flexibility index (Phi) is 6.07. The Morgan fingerprint density at radius 1 is 1.12 bits per heavy atom. The predicted molar refractivity (Wildman–Crippen MR) is 96.2 cm³/mol. The number of carbonyl (C=O) groups is 2. The number of hydrogen-bond acceptors (Lipinski definition) is 5. The van der Waals surface area contributed by atoms with Crippen LogP contribution in [0.15, 0.2) is 42.5 Å². The molecule has 1 aromatic carbocycles. The van der Waals surface area contributed by atoms with E-state index in [1.54, 1.807) is 47.4 Å². The molecule has 2 aromatic rings. The van der Waals surface area contributed by atoms with Gasteiger partial charge >= 0.3 is 0 Å². The standard InChI is InChI=1S/C18H19N5O2/c1-3-23(17-6-4-5-16(11-19)21-17)12-18(25)22-15-9-7-14(8-10-15)20-13(2)24/h4-10H,3,12H2,1-2H3,(H,20,24)(H,22,25). The summed E-state index contributed by atoms with van der Waals surface area (Å²) in [5.74, 6) is 0.235. The molecule has 0 bridgehead atoms. The summed E-state index contributed by atoms with van der Waals surface area (Å²) >= 11 is 0. The highest BCUT2D eigenvalue weighted by Gasteiger charge is 2.12. The van der Waals surface area contributed by atoms with Crippen molar-refractivity contribution in [2.24, 2.45) is 0 Å². The topological polar surface area (TPSA) is 98.1 Å². The molecule has 0 unspecified atom stereocenters. The van der Waals surface area contributed by atoms with Gasteiger partial charge in [-0.2, -0.15) is 5.26 Å². The Balaban J connectivity index is 2.00. The number of benzene rings is 1. The average molecular weight is 337 g/mol. The largest absolute Gasteiger partial charge is 0.348 e. The third-order valence-electron chi connectivity index (χ3n) is 3.38. The van der Waals surface area contributed by atoms with Gasteiger partial charge in [0.25, 0.3) is 0 Å². The number of rotatable bonds is 6. The van der Waals surface area contributed by atoms with Crippen LogP contribution in [0.1, 0.15) is 19.5 Å². The van der Waals surface area contributed by atoms with E-state index in [2.05, 4.69) is 15.6 Å². The van der Waals surface area contributed by atoms with Crippen molar-refractivity contribution in [1.29, 1.82) is 5.26 Å². The van der Waals surface area contributed by atoms with E-state index in [1.807, 2.05) is 13.0 Å². The molecule has 1 aromatic heterocycles. The van der Waals surface area contributed by atoms with Gasteiger partial charge < -0.3 is 15.5 Å². The van der Waals surface area contributed by atoms with E-state index in [-0.39, 0.29) is 18.4 Å². The van der Waals surface area contributed by atoms with Gasteiger partial charge in [0.2, 0.25) is 11.8 Å². The van der Waals surface area contributed by atoms with Gasteiger partial charge in [-0.25, -0.2) is 4.98 Å². The molecule has 0 fully saturated rings. The summed E-state index contributed by atoms with van der Waals surface area (Å²) in [6.07, 6.45) is 0. The number of aromatic nitrogens is 1. The molecule has 25 heavy (non-hydrogen) atoms. The zero-order valence-electron chi connectivity index (χ0n) is 14.1. The van der Waals surface area contributed by atoms with Gasteiger partial charge in [-0.15, -0.1) is 0 Å². The fourth-order valence-electron chi connectivity index (χ4n) is 2.23. The maximum atomic E-state index is 12.3. The van der Waals surface area contributed by atoms with Crippen molar-refractivity contribution in [2.75, 3.05) is 28.6 Å². The molecule has 0 spiro atoms. The molecule has 0 radical (unpaired) electrons. The van der Waals surface area contributed by atoms with E-state index in [0.717, 1.165) is 0 Å². The fraction of sp³-hybridized carbons (Fsp3) is 0.222. The van der Waals surface area contributed by atoms with Gasteiger partial charge in [0.1, 0.15) is 17.6 Å². The van der Waals surface area contributed by atoms with Crippen LogP contribution in [0.2, 0.25) is 0 Å². The first-order valence-corrected chi connectivity index (χ1v) is 7.81. The van der Waals surface area contributed by atoms with E-state index in [4.69, 9.17) is 5.26 Å². The Morgan fingerprint density at radius 3 is 2.32 bits per heavy atom. The molecule has 7 heteroatoms. The van der Waals surface area contributed by atoms with Gasteiger partial charge in [-0.3, -0.25) is 9.59 Å². The molecule has 0 atom stereocenters. The van der Waals surface area contributed by atoms with E-state index >= 15 is 0 Å². The first kappa shape index (κ1) is 17.9. The summed E-state index contributed by atoms with van der Waals surface area (Å²) in [4.78, 5) is 29.2. The third-order valence-corrected chi connectivity index (χ3v) is 3.38. The number of hydrogen-bond donors (Lipinski definition) is 2. The van der Waals surface area contributed by atoms with Gasteiger partial charge in [0.15, 0.2) is 0 Å². The van der Waals surface area contributed by atoms with Gasteiger partial charge in [0, 0.05) is 24.8 Å².